The van der Waals surface area contributed by atoms with Gasteiger partial charge in [0, 0.05) is 6.08 Å². The molecule has 0 aliphatic heterocycles. The first-order chi connectivity index (χ1) is 7.24. The molecule has 0 aromatic heterocycles. The highest BCUT2D eigenvalue weighted by Gasteiger charge is 2.17. The van der Waals surface area contributed by atoms with E-state index >= 15 is 0 Å². The van der Waals surface area contributed by atoms with E-state index in [0.717, 1.165) is 6.42 Å². The zero-order valence-corrected chi connectivity index (χ0v) is 11.4. The molecule has 2 unspecified atom stereocenters. The fraction of sp³-hybridized carbons (Fsp3) is 0.786. The summed E-state index contributed by atoms with van der Waals surface area (Å²) in [6, 6.07) is 0. The quantitative estimate of drug-likeness (QED) is 0.508. The lowest BCUT2D eigenvalue weighted by Crippen LogP contribution is -2.16. The topological polar surface area (TPSA) is 26.3 Å². The fourth-order valence-corrected chi connectivity index (χ4v) is 2.17. The van der Waals surface area contributed by atoms with Crippen LogP contribution in [0.25, 0.3) is 0 Å². The SMILES string of the molecule is C=CC(=O)OCC(C)CC(C)CC(C)(C)C. The van der Waals surface area contributed by atoms with Crippen LogP contribution in [0.2, 0.25) is 0 Å². The molecule has 0 aliphatic carbocycles. The van der Waals surface area contributed by atoms with Crippen molar-refractivity contribution in [3.63, 3.8) is 0 Å². The van der Waals surface area contributed by atoms with E-state index in [2.05, 4.69) is 41.2 Å². The van der Waals surface area contributed by atoms with Crippen molar-refractivity contribution in [2.75, 3.05) is 6.61 Å². The first-order valence-corrected chi connectivity index (χ1v) is 6.04. The Hall–Kier alpha value is -0.790. The van der Waals surface area contributed by atoms with Crippen LogP contribution in [0.1, 0.15) is 47.5 Å². The summed E-state index contributed by atoms with van der Waals surface area (Å²) in [6.45, 7) is 15.0. The molecule has 0 aromatic carbocycles. The lowest BCUT2D eigenvalue weighted by molar-refractivity contribution is -0.139. The van der Waals surface area contributed by atoms with E-state index in [1.165, 1.54) is 12.5 Å². The Bertz CT molecular complexity index is 225. The number of ether oxygens (including phenoxy) is 1. The molecule has 0 saturated carbocycles. The van der Waals surface area contributed by atoms with Gasteiger partial charge < -0.3 is 4.74 Å². The molecule has 0 N–H and O–H groups in total. The maximum absolute atomic E-state index is 10.9. The predicted molar refractivity (Wildman–Crippen MR) is 68.2 cm³/mol. The van der Waals surface area contributed by atoms with Crippen molar-refractivity contribution < 1.29 is 9.53 Å². The largest absolute Gasteiger partial charge is 0.462 e. The highest BCUT2D eigenvalue weighted by atomic mass is 16.5. The Morgan fingerprint density at radius 2 is 1.88 bits per heavy atom. The molecule has 0 aliphatic rings. The summed E-state index contributed by atoms with van der Waals surface area (Å²) in [6.07, 6.45) is 3.51. The number of hydrogen-bond acceptors (Lipinski definition) is 2. The van der Waals surface area contributed by atoms with E-state index in [0.29, 0.717) is 23.9 Å². The van der Waals surface area contributed by atoms with Crippen molar-refractivity contribution in [2.24, 2.45) is 17.3 Å². The fourth-order valence-electron chi connectivity index (χ4n) is 2.17. The molecule has 94 valence electrons. The van der Waals surface area contributed by atoms with Gasteiger partial charge in [0.15, 0.2) is 0 Å². The van der Waals surface area contributed by atoms with E-state index in [1.54, 1.807) is 0 Å². The Balaban J connectivity index is 3.82. The third kappa shape index (κ3) is 8.51. The molecule has 2 atom stereocenters. The van der Waals surface area contributed by atoms with Gasteiger partial charge in [-0.15, -0.1) is 0 Å². The summed E-state index contributed by atoms with van der Waals surface area (Å²) in [5.74, 6) is 0.758. The molecular formula is C14H26O2. The van der Waals surface area contributed by atoms with Crippen LogP contribution in [0.4, 0.5) is 0 Å². The van der Waals surface area contributed by atoms with Gasteiger partial charge in [0.2, 0.25) is 0 Å². The van der Waals surface area contributed by atoms with Gasteiger partial charge in [0.1, 0.15) is 0 Å². The van der Waals surface area contributed by atoms with Crippen LogP contribution >= 0.6 is 0 Å². The second kappa shape index (κ2) is 6.72. The Morgan fingerprint density at radius 3 is 2.31 bits per heavy atom. The highest BCUT2D eigenvalue weighted by Crippen LogP contribution is 2.27. The van der Waals surface area contributed by atoms with E-state index < -0.39 is 0 Å². The van der Waals surface area contributed by atoms with Crippen LogP contribution in [0, 0.1) is 17.3 Å². The molecule has 2 heteroatoms. The summed E-state index contributed by atoms with van der Waals surface area (Å²) in [7, 11) is 0. The normalized spacial score (nSPS) is 15.3. The molecule has 0 saturated heterocycles. The van der Waals surface area contributed by atoms with E-state index in [4.69, 9.17) is 4.74 Å². The molecule has 0 fully saturated rings. The van der Waals surface area contributed by atoms with Crippen LogP contribution in [-0.4, -0.2) is 12.6 Å². The minimum atomic E-state index is -0.324. The van der Waals surface area contributed by atoms with Crippen LogP contribution in [0.15, 0.2) is 12.7 Å². The second-order valence-electron chi connectivity index (χ2n) is 6.04. The number of hydrogen-bond donors (Lipinski definition) is 0. The molecule has 0 spiro atoms. The predicted octanol–water partition coefficient (Wildman–Crippen LogP) is 3.81. The van der Waals surface area contributed by atoms with Crippen molar-refractivity contribution in [3.8, 4) is 0 Å². The van der Waals surface area contributed by atoms with Gasteiger partial charge in [-0.2, -0.15) is 0 Å². The zero-order chi connectivity index (χ0) is 12.8. The van der Waals surface area contributed by atoms with Gasteiger partial charge in [-0.3, -0.25) is 0 Å². The van der Waals surface area contributed by atoms with Crippen LogP contribution in [0.5, 0.6) is 0 Å². The molecule has 0 aromatic rings. The lowest BCUT2D eigenvalue weighted by atomic mass is 9.82. The Morgan fingerprint density at radius 1 is 1.31 bits per heavy atom. The third-order valence-corrected chi connectivity index (χ3v) is 2.44. The average molecular weight is 226 g/mol. The number of rotatable bonds is 6. The van der Waals surface area contributed by atoms with Crippen LogP contribution in [0.3, 0.4) is 0 Å². The second-order valence-corrected chi connectivity index (χ2v) is 6.04. The van der Waals surface area contributed by atoms with Crippen molar-refractivity contribution in [2.45, 2.75) is 47.5 Å². The standard InChI is InChI=1S/C14H26O2/c1-7-13(15)16-10-12(3)8-11(2)9-14(4,5)6/h7,11-12H,1,8-10H2,2-6H3. The maximum Gasteiger partial charge on any atom is 0.330 e. The maximum atomic E-state index is 10.9. The molecule has 0 radical (unpaired) electrons. The zero-order valence-electron chi connectivity index (χ0n) is 11.4. The van der Waals surface area contributed by atoms with Crippen LogP contribution < -0.4 is 0 Å². The summed E-state index contributed by atoms with van der Waals surface area (Å²) < 4.78 is 5.03. The summed E-state index contributed by atoms with van der Waals surface area (Å²) in [5, 5.41) is 0. The minimum absolute atomic E-state index is 0.324. The number of esters is 1. The van der Waals surface area contributed by atoms with Gasteiger partial charge in [-0.1, -0.05) is 41.2 Å². The molecule has 0 heterocycles. The first-order valence-electron chi connectivity index (χ1n) is 6.04. The van der Waals surface area contributed by atoms with Crippen LogP contribution in [-0.2, 0) is 9.53 Å². The van der Waals surface area contributed by atoms with Crippen molar-refractivity contribution in [3.05, 3.63) is 12.7 Å². The molecule has 2 nitrogen and oxygen atoms in total. The molecule has 0 amide bonds. The van der Waals surface area contributed by atoms with Crippen molar-refractivity contribution in [1.82, 2.24) is 0 Å². The van der Waals surface area contributed by atoms with Crippen molar-refractivity contribution in [1.29, 1.82) is 0 Å². The first kappa shape index (κ1) is 15.2. The average Bonchev–Trinajstić information content (AvgIpc) is 2.10. The smallest absolute Gasteiger partial charge is 0.330 e. The molecule has 0 bridgehead atoms. The highest BCUT2D eigenvalue weighted by molar-refractivity contribution is 5.81. The lowest BCUT2D eigenvalue weighted by Gasteiger charge is -2.25. The van der Waals surface area contributed by atoms with Crippen molar-refractivity contribution >= 4 is 5.97 Å². The van der Waals surface area contributed by atoms with Gasteiger partial charge >= 0.3 is 5.97 Å². The van der Waals surface area contributed by atoms with Gasteiger partial charge in [0.05, 0.1) is 6.61 Å². The monoisotopic (exact) mass is 226 g/mol. The van der Waals surface area contributed by atoms with E-state index in [1.807, 2.05) is 0 Å². The Labute approximate surface area is 100 Å². The molecule has 0 rings (SSSR count). The Kier molecular flexibility index (Phi) is 6.39. The minimum Gasteiger partial charge on any atom is -0.462 e. The van der Waals surface area contributed by atoms with Gasteiger partial charge in [-0.25, -0.2) is 4.79 Å². The summed E-state index contributed by atoms with van der Waals surface area (Å²) in [4.78, 5) is 10.9. The van der Waals surface area contributed by atoms with E-state index in [-0.39, 0.29) is 5.97 Å². The number of carbonyl (C=O) groups excluding carboxylic acids is 1. The summed E-state index contributed by atoms with van der Waals surface area (Å²) >= 11 is 0. The molecular weight excluding hydrogens is 200 g/mol. The third-order valence-electron chi connectivity index (χ3n) is 2.44. The van der Waals surface area contributed by atoms with E-state index in [9.17, 15) is 4.79 Å². The number of carbonyl (C=O) groups is 1. The molecule has 16 heavy (non-hydrogen) atoms. The summed E-state index contributed by atoms with van der Waals surface area (Å²) in [5.41, 5.74) is 0.372. The van der Waals surface area contributed by atoms with Gasteiger partial charge in [0.25, 0.3) is 0 Å². The van der Waals surface area contributed by atoms with Gasteiger partial charge in [-0.05, 0) is 30.1 Å².